The molecule has 2 unspecified atom stereocenters. The maximum absolute atomic E-state index is 2.53. The minimum atomic E-state index is 0.899. The van der Waals surface area contributed by atoms with Crippen molar-refractivity contribution in [2.24, 2.45) is 11.8 Å². The van der Waals surface area contributed by atoms with Crippen LogP contribution in [0, 0.1) is 11.8 Å². The lowest BCUT2D eigenvalue weighted by Gasteiger charge is -2.24. The van der Waals surface area contributed by atoms with Crippen LogP contribution in [0.15, 0.2) is 11.6 Å². The summed E-state index contributed by atoms with van der Waals surface area (Å²) in [6.45, 7) is 6.98. The first-order chi connectivity index (χ1) is 6.72. The average molecular weight is 194 g/mol. The topological polar surface area (TPSA) is 0 Å². The fourth-order valence-corrected chi connectivity index (χ4v) is 2.72. The van der Waals surface area contributed by atoms with Crippen molar-refractivity contribution in [3.63, 3.8) is 0 Å². The molecule has 0 nitrogen and oxygen atoms in total. The van der Waals surface area contributed by atoms with Gasteiger partial charge in [-0.25, -0.2) is 0 Å². The maximum atomic E-state index is 2.53. The molecule has 0 heteroatoms. The fourth-order valence-electron chi connectivity index (χ4n) is 2.72. The number of unbranched alkanes of at least 4 members (excludes halogenated alkanes) is 3. The van der Waals surface area contributed by atoms with Gasteiger partial charge in [0.05, 0.1) is 0 Å². The summed E-state index contributed by atoms with van der Waals surface area (Å²) in [5.41, 5.74) is 1.63. The van der Waals surface area contributed by atoms with Crippen molar-refractivity contribution in [1.82, 2.24) is 0 Å². The van der Waals surface area contributed by atoms with Gasteiger partial charge in [0.25, 0.3) is 0 Å². The fraction of sp³-hybridized carbons (Fsp3) is 0.857. The molecule has 0 radical (unpaired) electrons. The Bertz CT molecular complexity index is 178. The van der Waals surface area contributed by atoms with Gasteiger partial charge in [0.1, 0.15) is 0 Å². The van der Waals surface area contributed by atoms with E-state index in [0.29, 0.717) is 0 Å². The summed E-state index contributed by atoms with van der Waals surface area (Å²) in [5, 5.41) is 0. The predicted octanol–water partition coefficient (Wildman–Crippen LogP) is 4.95. The second kappa shape index (κ2) is 6.27. The zero-order valence-electron chi connectivity index (χ0n) is 10.2. The molecule has 0 spiro atoms. The largest absolute Gasteiger partial charge is 0.0825 e. The first-order valence-electron chi connectivity index (χ1n) is 6.39. The Hall–Kier alpha value is -0.260. The summed E-state index contributed by atoms with van der Waals surface area (Å²) in [4.78, 5) is 0. The van der Waals surface area contributed by atoms with Crippen molar-refractivity contribution < 1.29 is 0 Å². The van der Waals surface area contributed by atoms with E-state index in [1.807, 2.05) is 0 Å². The first kappa shape index (κ1) is 11.8. The Morgan fingerprint density at radius 2 is 2.07 bits per heavy atom. The summed E-state index contributed by atoms with van der Waals surface area (Å²) in [5.74, 6) is 1.83. The monoisotopic (exact) mass is 194 g/mol. The number of hydrogen-bond acceptors (Lipinski definition) is 0. The first-order valence-corrected chi connectivity index (χ1v) is 6.39. The van der Waals surface area contributed by atoms with Crippen LogP contribution in [0.4, 0.5) is 0 Å². The van der Waals surface area contributed by atoms with Gasteiger partial charge >= 0.3 is 0 Å². The van der Waals surface area contributed by atoms with Gasteiger partial charge in [-0.1, -0.05) is 51.2 Å². The molecule has 1 aliphatic carbocycles. The third-order valence-corrected chi connectivity index (χ3v) is 3.32. The maximum Gasteiger partial charge on any atom is -0.0228 e. The van der Waals surface area contributed by atoms with Gasteiger partial charge in [-0.05, 0) is 38.0 Å². The standard InChI is InChI=1S/C14H26/c1-4-5-6-7-8-14-10-12(2)9-13(3)11-14/h10,13-14H,4-9,11H2,1-3H3. The van der Waals surface area contributed by atoms with E-state index in [1.54, 1.807) is 5.57 Å². The summed E-state index contributed by atoms with van der Waals surface area (Å²) in [6, 6.07) is 0. The number of hydrogen-bond donors (Lipinski definition) is 0. The molecule has 0 amide bonds. The van der Waals surface area contributed by atoms with Crippen LogP contribution in [-0.4, -0.2) is 0 Å². The van der Waals surface area contributed by atoms with Crippen molar-refractivity contribution in [1.29, 1.82) is 0 Å². The van der Waals surface area contributed by atoms with Crippen molar-refractivity contribution in [2.45, 2.75) is 65.7 Å². The molecule has 0 saturated heterocycles. The molecule has 0 saturated carbocycles. The molecule has 0 N–H and O–H groups in total. The van der Waals surface area contributed by atoms with Crippen molar-refractivity contribution in [3.05, 3.63) is 11.6 Å². The molecule has 0 fully saturated rings. The molecule has 1 aliphatic rings. The van der Waals surface area contributed by atoms with E-state index in [4.69, 9.17) is 0 Å². The van der Waals surface area contributed by atoms with E-state index < -0.39 is 0 Å². The molecular weight excluding hydrogens is 168 g/mol. The van der Waals surface area contributed by atoms with Crippen LogP contribution in [-0.2, 0) is 0 Å². The molecule has 14 heavy (non-hydrogen) atoms. The SMILES string of the molecule is CCCCCCC1C=C(C)CC(C)C1. The molecule has 0 bridgehead atoms. The van der Waals surface area contributed by atoms with Crippen LogP contribution in [0.25, 0.3) is 0 Å². The van der Waals surface area contributed by atoms with Gasteiger partial charge in [0.2, 0.25) is 0 Å². The second-order valence-electron chi connectivity index (χ2n) is 5.17. The third-order valence-electron chi connectivity index (χ3n) is 3.32. The Balaban J connectivity index is 2.20. The van der Waals surface area contributed by atoms with Crippen LogP contribution in [0.3, 0.4) is 0 Å². The van der Waals surface area contributed by atoms with Crippen LogP contribution < -0.4 is 0 Å². The molecule has 0 aromatic carbocycles. The summed E-state index contributed by atoms with van der Waals surface area (Å²) >= 11 is 0. The van der Waals surface area contributed by atoms with Crippen LogP contribution >= 0.6 is 0 Å². The zero-order valence-corrected chi connectivity index (χ0v) is 10.2. The summed E-state index contributed by atoms with van der Waals surface area (Å²) in [6.07, 6.45) is 12.4. The van der Waals surface area contributed by atoms with Gasteiger partial charge in [0.15, 0.2) is 0 Å². The van der Waals surface area contributed by atoms with Crippen LogP contribution in [0.5, 0.6) is 0 Å². The lowest BCUT2D eigenvalue weighted by atomic mass is 9.81. The minimum Gasteiger partial charge on any atom is -0.0825 e. The van der Waals surface area contributed by atoms with Crippen LogP contribution in [0.1, 0.15) is 65.7 Å². The van der Waals surface area contributed by atoms with E-state index in [9.17, 15) is 0 Å². The van der Waals surface area contributed by atoms with E-state index in [2.05, 4.69) is 26.8 Å². The second-order valence-corrected chi connectivity index (χ2v) is 5.17. The summed E-state index contributed by atoms with van der Waals surface area (Å²) < 4.78 is 0. The minimum absolute atomic E-state index is 0.899. The molecule has 0 aromatic heterocycles. The number of allylic oxidation sites excluding steroid dienone is 2. The van der Waals surface area contributed by atoms with E-state index >= 15 is 0 Å². The third kappa shape index (κ3) is 4.30. The van der Waals surface area contributed by atoms with Crippen molar-refractivity contribution in [3.8, 4) is 0 Å². The van der Waals surface area contributed by atoms with Gasteiger partial charge in [-0.15, -0.1) is 0 Å². The van der Waals surface area contributed by atoms with Gasteiger partial charge < -0.3 is 0 Å². The van der Waals surface area contributed by atoms with Crippen molar-refractivity contribution >= 4 is 0 Å². The lowest BCUT2D eigenvalue weighted by Crippen LogP contribution is -2.11. The Kier molecular flexibility index (Phi) is 5.29. The zero-order chi connectivity index (χ0) is 10.4. The Morgan fingerprint density at radius 3 is 2.71 bits per heavy atom. The lowest BCUT2D eigenvalue weighted by molar-refractivity contribution is 0.386. The predicted molar refractivity (Wildman–Crippen MR) is 64.4 cm³/mol. The molecule has 2 atom stereocenters. The molecule has 1 rings (SSSR count). The van der Waals surface area contributed by atoms with Gasteiger partial charge in [-0.3, -0.25) is 0 Å². The molecule has 0 aromatic rings. The summed E-state index contributed by atoms with van der Waals surface area (Å²) in [7, 11) is 0. The highest BCUT2D eigenvalue weighted by Crippen LogP contribution is 2.30. The average Bonchev–Trinajstić information content (AvgIpc) is 2.11. The normalized spacial score (nSPS) is 27.5. The molecule has 0 aliphatic heterocycles. The highest BCUT2D eigenvalue weighted by atomic mass is 14.2. The van der Waals surface area contributed by atoms with Crippen LogP contribution in [0.2, 0.25) is 0 Å². The Morgan fingerprint density at radius 1 is 1.29 bits per heavy atom. The molecule has 0 heterocycles. The quantitative estimate of drug-likeness (QED) is 0.429. The molecular formula is C14H26. The highest BCUT2D eigenvalue weighted by Gasteiger charge is 2.16. The number of rotatable bonds is 5. The van der Waals surface area contributed by atoms with E-state index in [1.165, 1.54) is 44.9 Å². The molecule has 82 valence electrons. The van der Waals surface area contributed by atoms with E-state index in [0.717, 1.165) is 11.8 Å². The Labute approximate surface area is 89.8 Å². The van der Waals surface area contributed by atoms with Gasteiger partial charge in [0, 0.05) is 0 Å². The highest BCUT2D eigenvalue weighted by molar-refractivity contribution is 5.06. The van der Waals surface area contributed by atoms with Gasteiger partial charge in [-0.2, -0.15) is 0 Å². The smallest absolute Gasteiger partial charge is 0.0228 e. The van der Waals surface area contributed by atoms with Crippen molar-refractivity contribution in [2.75, 3.05) is 0 Å². The van der Waals surface area contributed by atoms with E-state index in [-0.39, 0.29) is 0 Å².